The molecular weight excluding hydrogens is 288 g/mol. The maximum atomic E-state index is 11.7. The lowest BCUT2D eigenvalue weighted by atomic mass is 9.65. The molecule has 0 radical (unpaired) electrons. The number of nitrogens with zero attached hydrogens (tertiary/aromatic N) is 1. The van der Waals surface area contributed by atoms with E-state index in [1.54, 1.807) is 32.9 Å². The van der Waals surface area contributed by atoms with Crippen LogP contribution in [-0.4, -0.2) is 11.7 Å². The Morgan fingerprint density at radius 3 is 2.52 bits per heavy atom. The number of anilines is 1. The van der Waals surface area contributed by atoms with E-state index < -0.39 is 17.1 Å². The number of carbonyl (C=O) groups is 1. The number of benzene rings is 1. The van der Waals surface area contributed by atoms with Crippen molar-refractivity contribution in [1.29, 1.82) is 5.26 Å². The third-order valence-electron chi connectivity index (χ3n) is 3.58. The molecule has 0 bridgehead atoms. The average molecular weight is 307 g/mol. The van der Waals surface area contributed by atoms with E-state index in [-0.39, 0.29) is 0 Å². The van der Waals surface area contributed by atoms with Gasteiger partial charge in [0.1, 0.15) is 5.60 Å². The SMILES string of the molecule is CC(C)(C)OC(=O)Nc1ccc(C2(C#N)CCC2)cc1Cl. The molecule has 2 rings (SSSR count). The minimum Gasteiger partial charge on any atom is -0.444 e. The molecule has 1 aliphatic rings. The topological polar surface area (TPSA) is 62.1 Å². The first-order valence-corrected chi connectivity index (χ1v) is 7.35. The van der Waals surface area contributed by atoms with Crippen molar-refractivity contribution in [2.75, 3.05) is 5.32 Å². The summed E-state index contributed by atoms with van der Waals surface area (Å²) in [4.78, 5) is 11.7. The smallest absolute Gasteiger partial charge is 0.412 e. The number of carbonyl (C=O) groups excluding carboxylic acids is 1. The van der Waals surface area contributed by atoms with Crippen molar-refractivity contribution < 1.29 is 9.53 Å². The number of ether oxygens (including phenoxy) is 1. The molecule has 4 nitrogen and oxygen atoms in total. The maximum absolute atomic E-state index is 11.7. The van der Waals surface area contributed by atoms with Crippen LogP contribution in [0.1, 0.15) is 45.6 Å². The van der Waals surface area contributed by atoms with E-state index in [4.69, 9.17) is 16.3 Å². The molecule has 112 valence electrons. The molecule has 0 saturated heterocycles. The molecule has 1 aromatic carbocycles. The van der Waals surface area contributed by atoms with Gasteiger partial charge < -0.3 is 4.74 Å². The maximum Gasteiger partial charge on any atom is 0.412 e. The van der Waals surface area contributed by atoms with E-state index >= 15 is 0 Å². The molecule has 0 spiro atoms. The molecule has 0 atom stereocenters. The summed E-state index contributed by atoms with van der Waals surface area (Å²) in [5, 5.41) is 12.4. The summed E-state index contributed by atoms with van der Waals surface area (Å²) in [5.41, 5.74) is 0.430. The number of rotatable bonds is 2. The van der Waals surface area contributed by atoms with Crippen molar-refractivity contribution >= 4 is 23.4 Å². The molecule has 0 aromatic heterocycles. The number of nitrogens with one attached hydrogen (secondary N) is 1. The van der Waals surface area contributed by atoms with Gasteiger partial charge in [-0.15, -0.1) is 0 Å². The number of amides is 1. The molecule has 1 aliphatic carbocycles. The van der Waals surface area contributed by atoms with E-state index in [0.717, 1.165) is 24.8 Å². The van der Waals surface area contributed by atoms with Gasteiger partial charge in [-0.05, 0) is 57.7 Å². The predicted octanol–water partition coefficient (Wildman–Crippen LogP) is 4.63. The highest BCUT2D eigenvalue weighted by atomic mass is 35.5. The van der Waals surface area contributed by atoms with Crippen LogP contribution in [-0.2, 0) is 10.2 Å². The van der Waals surface area contributed by atoms with E-state index in [2.05, 4.69) is 11.4 Å². The van der Waals surface area contributed by atoms with Crippen LogP contribution in [0.2, 0.25) is 5.02 Å². The minimum absolute atomic E-state index is 0.409. The Hall–Kier alpha value is -1.73. The summed E-state index contributed by atoms with van der Waals surface area (Å²) < 4.78 is 5.19. The van der Waals surface area contributed by atoms with Crippen LogP contribution >= 0.6 is 11.6 Å². The number of nitriles is 1. The lowest BCUT2D eigenvalue weighted by Gasteiger charge is -2.35. The van der Waals surface area contributed by atoms with Crippen molar-refractivity contribution in [3.8, 4) is 6.07 Å². The lowest BCUT2D eigenvalue weighted by molar-refractivity contribution is 0.0636. The lowest BCUT2D eigenvalue weighted by Crippen LogP contribution is -2.32. The Balaban J connectivity index is 2.14. The van der Waals surface area contributed by atoms with Crippen molar-refractivity contribution in [2.45, 2.75) is 51.0 Å². The number of halogens is 1. The summed E-state index contributed by atoms with van der Waals surface area (Å²) in [5.74, 6) is 0. The average Bonchev–Trinajstić information content (AvgIpc) is 2.29. The third kappa shape index (κ3) is 3.48. The predicted molar refractivity (Wildman–Crippen MR) is 82.5 cm³/mol. The van der Waals surface area contributed by atoms with Gasteiger partial charge in [0.05, 0.1) is 22.2 Å². The van der Waals surface area contributed by atoms with Gasteiger partial charge in [0.2, 0.25) is 0 Å². The Labute approximate surface area is 130 Å². The zero-order chi connectivity index (χ0) is 15.7. The zero-order valence-corrected chi connectivity index (χ0v) is 13.3. The Bertz CT molecular complexity index is 595. The van der Waals surface area contributed by atoms with Crippen LogP contribution in [0.15, 0.2) is 18.2 Å². The summed E-state index contributed by atoms with van der Waals surface area (Å²) in [7, 11) is 0. The first-order valence-electron chi connectivity index (χ1n) is 6.97. The fourth-order valence-electron chi connectivity index (χ4n) is 2.32. The van der Waals surface area contributed by atoms with Gasteiger partial charge in [-0.3, -0.25) is 5.32 Å². The molecule has 0 unspecified atom stereocenters. The van der Waals surface area contributed by atoms with Crippen LogP contribution in [0.3, 0.4) is 0 Å². The first kappa shape index (κ1) is 15.7. The summed E-state index contributed by atoms with van der Waals surface area (Å²) >= 11 is 6.21. The van der Waals surface area contributed by atoms with Gasteiger partial charge in [0, 0.05) is 0 Å². The van der Waals surface area contributed by atoms with Gasteiger partial charge in [-0.25, -0.2) is 4.79 Å². The van der Waals surface area contributed by atoms with Crippen LogP contribution in [0, 0.1) is 11.3 Å². The zero-order valence-electron chi connectivity index (χ0n) is 12.5. The Kier molecular flexibility index (Phi) is 4.15. The second-order valence-corrected chi connectivity index (χ2v) is 6.78. The second-order valence-electron chi connectivity index (χ2n) is 6.37. The van der Waals surface area contributed by atoms with E-state index in [1.807, 2.05) is 6.07 Å². The highest BCUT2D eigenvalue weighted by Gasteiger charge is 2.39. The Morgan fingerprint density at radius 1 is 1.43 bits per heavy atom. The van der Waals surface area contributed by atoms with Crippen LogP contribution in [0.25, 0.3) is 0 Å². The van der Waals surface area contributed by atoms with Crippen molar-refractivity contribution in [3.05, 3.63) is 28.8 Å². The quantitative estimate of drug-likeness (QED) is 0.866. The highest BCUT2D eigenvalue weighted by Crippen LogP contribution is 2.44. The fourth-order valence-corrected chi connectivity index (χ4v) is 2.55. The van der Waals surface area contributed by atoms with Crippen LogP contribution in [0.5, 0.6) is 0 Å². The van der Waals surface area contributed by atoms with Crippen molar-refractivity contribution in [1.82, 2.24) is 0 Å². The molecule has 1 aromatic rings. The largest absolute Gasteiger partial charge is 0.444 e. The second kappa shape index (κ2) is 5.57. The van der Waals surface area contributed by atoms with E-state index in [9.17, 15) is 10.1 Å². The molecule has 1 amide bonds. The molecule has 1 saturated carbocycles. The normalized spacial score (nSPS) is 16.5. The van der Waals surface area contributed by atoms with E-state index in [1.165, 1.54) is 0 Å². The summed E-state index contributed by atoms with van der Waals surface area (Å²) in [6, 6.07) is 7.71. The van der Waals surface area contributed by atoms with Crippen LogP contribution < -0.4 is 5.32 Å². The van der Waals surface area contributed by atoms with Gasteiger partial charge >= 0.3 is 6.09 Å². The summed E-state index contributed by atoms with van der Waals surface area (Å²) in [6.45, 7) is 5.39. The molecule has 21 heavy (non-hydrogen) atoms. The van der Waals surface area contributed by atoms with Gasteiger partial charge in [0.15, 0.2) is 0 Å². The van der Waals surface area contributed by atoms with Crippen LogP contribution in [0.4, 0.5) is 10.5 Å². The highest BCUT2D eigenvalue weighted by molar-refractivity contribution is 6.33. The van der Waals surface area contributed by atoms with Crippen molar-refractivity contribution in [2.24, 2.45) is 0 Å². The summed E-state index contributed by atoms with van der Waals surface area (Å²) in [6.07, 6.45) is 2.23. The molecule has 1 N–H and O–H groups in total. The Morgan fingerprint density at radius 2 is 2.10 bits per heavy atom. The minimum atomic E-state index is -0.562. The molecule has 0 aliphatic heterocycles. The number of hydrogen-bond donors (Lipinski definition) is 1. The molecular formula is C16H19ClN2O2. The van der Waals surface area contributed by atoms with Crippen molar-refractivity contribution in [3.63, 3.8) is 0 Å². The fraction of sp³-hybridized carbons (Fsp3) is 0.500. The molecule has 1 fully saturated rings. The molecule has 5 heteroatoms. The monoisotopic (exact) mass is 306 g/mol. The molecule has 0 heterocycles. The van der Waals surface area contributed by atoms with Gasteiger partial charge in [0.25, 0.3) is 0 Å². The van der Waals surface area contributed by atoms with Gasteiger partial charge in [-0.2, -0.15) is 5.26 Å². The third-order valence-corrected chi connectivity index (χ3v) is 3.89. The van der Waals surface area contributed by atoms with E-state index in [0.29, 0.717) is 10.7 Å². The number of hydrogen-bond acceptors (Lipinski definition) is 3. The standard InChI is InChI=1S/C16H19ClN2O2/c1-15(2,3)21-14(20)19-13-6-5-11(9-12(13)17)16(10-18)7-4-8-16/h5-6,9H,4,7-8H2,1-3H3,(H,19,20). The van der Waals surface area contributed by atoms with Gasteiger partial charge in [-0.1, -0.05) is 17.7 Å². The first-order chi connectivity index (χ1) is 9.76.